The molecule has 0 radical (unpaired) electrons. The van der Waals surface area contributed by atoms with Crippen LogP contribution in [-0.4, -0.2) is 28.4 Å². The van der Waals surface area contributed by atoms with E-state index in [-0.39, 0.29) is 12.0 Å². The molecule has 160 valence electrons. The Bertz CT molecular complexity index is 1150. The van der Waals surface area contributed by atoms with Gasteiger partial charge in [0.2, 0.25) is 5.91 Å². The molecule has 1 unspecified atom stereocenters. The van der Waals surface area contributed by atoms with Crippen LogP contribution >= 0.6 is 0 Å². The fourth-order valence-electron chi connectivity index (χ4n) is 3.89. The van der Waals surface area contributed by atoms with Gasteiger partial charge in [-0.3, -0.25) is 9.48 Å². The Balaban J connectivity index is 1.28. The molecule has 3 aromatic carbocycles. The molecule has 6 heteroatoms. The minimum Gasteiger partial charge on any atom is -0.486 e. The Kier molecular flexibility index (Phi) is 5.58. The Morgan fingerprint density at radius 1 is 0.938 bits per heavy atom. The minimum absolute atomic E-state index is 0.104. The predicted octanol–water partition coefficient (Wildman–Crippen LogP) is 4.49. The van der Waals surface area contributed by atoms with Crippen LogP contribution in [0.25, 0.3) is 0 Å². The van der Waals surface area contributed by atoms with Crippen molar-refractivity contribution in [2.75, 3.05) is 11.9 Å². The number of anilines is 1. The van der Waals surface area contributed by atoms with Crippen molar-refractivity contribution in [1.82, 2.24) is 9.78 Å². The number of para-hydroxylation sites is 2. The lowest BCUT2D eigenvalue weighted by Crippen LogP contribution is -2.33. The monoisotopic (exact) mass is 425 g/mol. The molecular weight excluding hydrogens is 402 g/mol. The average Bonchev–Trinajstić information content (AvgIpc) is 3.27. The summed E-state index contributed by atoms with van der Waals surface area (Å²) < 4.78 is 13.5. The van der Waals surface area contributed by atoms with Crippen molar-refractivity contribution in [2.24, 2.45) is 0 Å². The van der Waals surface area contributed by atoms with Crippen LogP contribution in [0.2, 0.25) is 0 Å². The summed E-state index contributed by atoms with van der Waals surface area (Å²) in [5, 5.41) is 7.41. The summed E-state index contributed by atoms with van der Waals surface area (Å²) in [6.07, 6.45) is 3.31. The summed E-state index contributed by atoms with van der Waals surface area (Å²) in [4.78, 5) is 13.3. The van der Waals surface area contributed by atoms with Crippen molar-refractivity contribution in [3.63, 3.8) is 0 Å². The van der Waals surface area contributed by atoms with E-state index < -0.39 is 5.92 Å². The zero-order chi connectivity index (χ0) is 21.8. The molecule has 32 heavy (non-hydrogen) atoms. The summed E-state index contributed by atoms with van der Waals surface area (Å²) in [5.74, 6) is 0.975. The van der Waals surface area contributed by atoms with E-state index in [1.807, 2.05) is 91.1 Å². The predicted molar refractivity (Wildman–Crippen MR) is 122 cm³/mol. The van der Waals surface area contributed by atoms with E-state index in [9.17, 15) is 4.79 Å². The zero-order valence-corrected chi connectivity index (χ0v) is 17.4. The van der Waals surface area contributed by atoms with Crippen molar-refractivity contribution >= 4 is 11.6 Å². The number of amides is 1. The minimum atomic E-state index is -0.410. The van der Waals surface area contributed by atoms with E-state index in [1.165, 1.54) is 0 Å². The summed E-state index contributed by atoms with van der Waals surface area (Å²) in [6.45, 7) is 0.966. The van der Waals surface area contributed by atoms with Gasteiger partial charge in [-0.1, -0.05) is 72.8 Å². The number of hydrogen-bond donors (Lipinski definition) is 1. The second-order valence-electron chi connectivity index (χ2n) is 7.69. The topological polar surface area (TPSA) is 65.4 Å². The van der Waals surface area contributed by atoms with Gasteiger partial charge in [-0.2, -0.15) is 5.10 Å². The van der Waals surface area contributed by atoms with Gasteiger partial charge in [0.05, 0.1) is 24.3 Å². The molecule has 1 atom stereocenters. The van der Waals surface area contributed by atoms with E-state index >= 15 is 0 Å². The third-order valence-corrected chi connectivity index (χ3v) is 5.39. The van der Waals surface area contributed by atoms with Crippen LogP contribution in [0, 0.1) is 0 Å². The Labute approximate surface area is 186 Å². The lowest BCUT2D eigenvalue weighted by molar-refractivity contribution is -0.116. The molecule has 2 heterocycles. The molecule has 1 aromatic heterocycles. The van der Waals surface area contributed by atoms with Gasteiger partial charge in [0.25, 0.3) is 0 Å². The number of fused-ring (bicyclic) bond motifs is 1. The third kappa shape index (κ3) is 4.34. The van der Waals surface area contributed by atoms with Gasteiger partial charge in [-0.25, -0.2) is 0 Å². The maximum absolute atomic E-state index is 13.3. The molecule has 0 saturated carbocycles. The Hall–Kier alpha value is -4.06. The number of carbonyl (C=O) groups is 1. The molecule has 5 rings (SSSR count). The molecular formula is C26H23N3O3. The lowest BCUT2D eigenvalue weighted by atomic mass is 9.90. The molecule has 6 nitrogen and oxygen atoms in total. The van der Waals surface area contributed by atoms with Crippen LogP contribution in [0.5, 0.6) is 11.5 Å². The third-order valence-electron chi connectivity index (χ3n) is 5.39. The SMILES string of the molecule is O=C(Nc1cnn(CC2COc3ccccc3O2)c1)C(c1ccccc1)c1ccccc1. The number of benzene rings is 3. The standard InChI is InChI=1S/C26H23N3O3/c30-26(25(19-9-3-1-4-10-19)20-11-5-2-6-12-20)28-21-15-27-29(16-21)17-22-18-31-23-13-7-8-14-24(23)32-22/h1-16,22,25H,17-18H2,(H,28,30). The number of rotatable bonds is 6. The maximum Gasteiger partial charge on any atom is 0.236 e. The Morgan fingerprint density at radius 3 is 2.25 bits per heavy atom. The first-order valence-electron chi connectivity index (χ1n) is 10.6. The molecule has 4 aromatic rings. The van der Waals surface area contributed by atoms with Crippen LogP contribution < -0.4 is 14.8 Å². The normalized spacial score (nSPS) is 14.8. The highest BCUT2D eigenvalue weighted by Crippen LogP contribution is 2.31. The van der Waals surface area contributed by atoms with Crippen LogP contribution in [0.4, 0.5) is 5.69 Å². The highest BCUT2D eigenvalue weighted by Gasteiger charge is 2.24. The Morgan fingerprint density at radius 2 is 1.56 bits per heavy atom. The molecule has 0 bridgehead atoms. The number of nitrogens with one attached hydrogen (secondary N) is 1. The smallest absolute Gasteiger partial charge is 0.236 e. The van der Waals surface area contributed by atoms with E-state index in [1.54, 1.807) is 10.9 Å². The van der Waals surface area contributed by atoms with E-state index in [0.717, 1.165) is 22.6 Å². The highest BCUT2D eigenvalue weighted by atomic mass is 16.6. The second-order valence-corrected chi connectivity index (χ2v) is 7.69. The van der Waals surface area contributed by atoms with Crippen LogP contribution in [0.1, 0.15) is 17.0 Å². The van der Waals surface area contributed by atoms with Gasteiger partial charge in [0, 0.05) is 6.20 Å². The summed E-state index contributed by atoms with van der Waals surface area (Å²) >= 11 is 0. The van der Waals surface area contributed by atoms with Gasteiger partial charge in [-0.05, 0) is 23.3 Å². The molecule has 1 aliphatic rings. The number of carbonyl (C=O) groups excluding carboxylic acids is 1. The highest BCUT2D eigenvalue weighted by molar-refractivity contribution is 5.98. The molecule has 1 amide bonds. The largest absolute Gasteiger partial charge is 0.486 e. The van der Waals surface area contributed by atoms with Crippen molar-refractivity contribution in [2.45, 2.75) is 18.6 Å². The number of nitrogens with zero attached hydrogens (tertiary/aromatic N) is 2. The zero-order valence-electron chi connectivity index (χ0n) is 17.4. The van der Waals surface area contributed by atoms with Gasteiger partial charge in [-0.15, -0.1) is 0 Å². The summed E-state index contributed by atoms with van der Waals surface area (Å²) in [5.41, 5.74) is 2.52. The number of ether oxygens (including phenoxy) is 2. The number of hydrogen-bond acceptors (Lipinski definition) is 4. The summed E-state index contributed by atoms with van der Waals surface area (Å²) in [6, 6.07) is 27.2. The number of aromatic nitrogens is 2. The lowest BCUT2D eigenvalue weighted by Gasteiger charge is -2.26. The maximum atomic E-state index is 13.3. The van der Waals surface area contributed by atoms with E-state index in [4.69, 9.17) is 9.47 Å². The second kappa shape index (κ2) is 8.98. The van der Waals surface area contributed by atoms with E-state index in [2.05, 4.69) is 10.4 Å². The fraction of sp³-hybridized carbons (Fsp3) is 0.154. The van der Waals surface area contributed by atoms with Gasteiger partial charge < -0.3 is 14.8 Å². The van der Waals surface area contributed by atoms with Crippen molar-refractivity contribution in [3.8, 4) is 11.5 Å². The molecule has 1 aliphatic heterocycles. The van der Waals surface area contributed by atoms with Crippen molar-refractivity contribution < 1.29 is 14.3 Å². The molecule has 0 spiro atoms. The quantitative estimate of drug-likeness (QED) is 0.494. The first-order valence-corrected chi connectivity index (χ1v) is 10.6. The van der Waals surface area contributed by atoms with Crippen LogP contribution in [0.15, 0.2) is 97.3 Å². The van der Waals surface area contributed by atoms with Crippen molar-refractivity contribution in [1.29, 1.82) is 0 Å². The van der Waals surface area contributed by atoms with Crippen LogP contribution in [0.3, 0.4) is 0 Å². The molecule has 0 saturated heterocycles. The van der Waals surface area contributed by atoms with Gasteiger partial charge in [0.15, 0.2) is 17.6 Å². The van der Waals surface area contributed by atoms with Crippen molar-refractivity contribution in [3.05, 3.63) is 108 Å². The van der Waals surface area contributed by atoms with E-state index in [0.29, 0.717) is 18.8 Å². The fourth-order valence-corrected chi connectivity index (χ4v) is 3.89. The van der Waals surface area contributed by atoms with Crippen LogP contribution in [-0.2, 0) is 11.3 Å². The molecule has 1 N–H and O–H groups in total. The van der Waals surface area contributed by atoms with Gasteiger partial charge >= 0.3 is 0 Å². The summed E-state index contributed by atoms with van der Waals surface area (Å²) in [7, 11) is 0. The first-order chi connectivity index (χ1) is 15.8. The first kappa shape index (κ1) is 19.9. The van der Waals surface area contributed by atoms with Gasteiger partial charge in [0.1, 0.15) is 6.61 Å². The molecule has 0 aliphatic carbocycles. The average molecular weight is 425 g/mol. The molecule has 0 fully saturated rings.